The number of amides is 1. The van der Waals surface area contributed by atoms with Crippen molar-refractivity contribution in [2.75, 3.05) is 12.4 Å². The molecule has 0 aliphatic carbocycles. The number of benzene rings is 2. The smallest absolute Gasteiger partial charge is 0.261 e. The standard InChI is InChI=1S/C30H24F2N4O4/c1-15-13-22-27(36-30(15)39-4)24(11-12-33-22)40-23-10-9-20(14-21(23)32)35-29(38)26-17(3)34-16(2)25(28(26)37)18-5-7-19(31)8-6-18/h5-14H,1-4H3,(H,34,37)(H,35,38). The van der Waals surface area contributed by atoms with E-state index in [1.807, 2.05) is 6.92 Å². The third-order valence-corrected chi connectivity index (χ3v) is 6.36. The Balaban J connectivity index is 1.42. The van der Waals surface area contributed by atoms with Crippen molar-refractivity contribution in [1.82, 2.24) is 15.0 Å². The molecule has 2 aromatic carbocycles. The number of nitrogens with zero attached hydrogens (tertiary/aromatic N) is 2. The van der Waals surface area contributed by atoms with E-state index < -0.39 is 23.0 Å². The summed E-state index contributed by atoms with van der Waals surface area (Å²) in [6, 6.07) is 12.7. The van der Waals surface area contributed by atoms with Gasteiger partial charge in [-0.3, -0.25) is 14.6 Å². The molecule has 0 bridgehead atoms. The maximum Gasteiger partial charge on any atom is 0.261 e. The molecule has 10 heteroatoms. The van der Waals surface area contributed by atoms with E-state index in [0.29, 0.717) is 33.9 Å². The molecule has 202 valence electrons. The molecule has 2 N–H and O–H groups in total. The predicted octanol–water partition coefficient (Wildman–Crippen LogP) is 6.24. The molecule has 0 fully saturated rings. The van der Waals surface area contributed by atoms with Crippen LogP contribution in [-0.2, 0) is 0 Å². The van der Waals surface area contributed by atoms with E-state index in [2.05, 4.69) is 20.3 Å². The van der Waals surface area contributed by atoms with E-state index in [1.165, 1.54) is 49.7 Å². The van der Waals surface area contributed by atoms with Gasteiger partial charge in [-0.1, -0.05) is 12.1 Å². The highest BCUT2D eigenvalue weighted by Crippen LogP contribution is 2.32. The van der Waals surface area contributed by atoms with Gasteiger partial charge in [0.25, 0.3) is 5.91 Å². The van der Waals surface area contributed by atoms with Crippen LogP contribution in [0.1, 0.15) is 27.3 Å². The SMILES string of the molecule is COc1nc2c(Oc3ccc(NC(=O)c4c(C)[nH]c(C)c(-c5ccc(F)cc5)c4=O)cc3F)ccnc2cc1C. The lowest BCUT2D eigenvalue weighted by atomic mass is 9.99. The summed E-state index contributed by atoms with van der Waals surface area (Å²) in [7, 11) is 1.50. The maximum atomic E-state index is 15.1. The van der Waals surface area contributed by atoms with Crippen LogP contribution in [0.5, 0.6) is 17.4 Å². The number of hydrogen-bond donors (Lipinski definition) is 2. The highest BCUT2D eigenvalue weighted by atomic mass is 19.1. The van der Waals surface area contributed by atoms with E-state index >= 15 is 4.39 Å². The Hall–Kier alpha value is -5.12. The number of carbonyl (C=O) groups is 1. The molecule has 1 amide bonds. The summed E-state index contributed by atoms with van der Waals surface area (Å²) in [6.45, 7) is 5.13. The Morgan fingerprint density at radius 1 is 0.950 bits per heavy atom. The number of aryl methyl sites for hydroxylation is 3. The van der Waals surface area contributed by atoms with Crippen molar-refractivity contribution in [3.63, 3.8) is 0 Å². The number of ether oxygens (including phenoxy) is 2. The summed E-state index contributed by atoms with van der Waals surface area (Å²) >= 11 is 0. The third-order valence-electron chi connectivity index (χ3n) is 6.36. The molecule has 0 saturated heterocycles. The number of pyridine rings is 3. The predicted molar refractivity (Wildman–Crippen MR) is 147 cm³/mol. The van der Waals surface area contributed by atoms with Gasteiger partial charge in [-0.05, 0) is 56.7 Å². The van der Waals surface area contributed by atoms with Crippen molar-refractivity contribution in [2.24, 2.45) is 0 Å². The number of halogens is 2. The molecule has 5 aromatic rings. The Morgan fingerprint density at radius 2 is 1.70 bits per heavy atom. The zero-order valence-electron chi connectivity index (χ0n) is 22.1. The number of hydrogen-bond acceptors (Lipinski definition) is 6. The van der Waals surface area contributed by atoms with Gasteiger partial charge in [0, 0.05) is 46.5 Å². The Kier molecular flexibility index (Phi) is 7.00. The molecule has 0 radical (unpaired) electrons. The normalized spacial score (nSPS) is 10.9. The molecule has 8 nitrogen and oxygen atoms in total. The number of fused-ring (bicyclic) bond motifs is 1. The number of methoxy groups -OCH3 is 1. The first-order valence-corrected chi connectivity index (χ1v) is 12.2. The van der Waals surface area contributed by atoms with Crippen LogP contribution in [0.2, 0.25) is 0 Å². The van der Waals surface area contributed by atoms with Gasteiger partial charge in [0.2, 0.25) is 11.3 Å². The van der Waals surface area contributed by atoms with Gasteiger partial charge >= 0.3 is 0 Å². The van der Waals surface area contributed by atoms with Crippen LogP contribution in [0.4, 0.5) is 14.5 Å². The zero-order chi connectivity index (χ0) is 28.6. The van der Waals surface area contributed by atoms with Gasteiger partial charge < -0.3 is 19.8 Å². The van der Waals surface area contributed by atoms with Crippen LogP contribution in [0.25, 0.3) is 22.2 Å². The van der Waals surface area contributed by atoms with E-state index in [1.54, 1.807) is 26.0 Å². The van der Waals surface area contributed by atoms with Crippen molar-refractivity contribution < 1.29 is 23.0 Å². The molecule has 0 aliphatic rings. The molecular weight excluding hydrogens is 518 g/mol. The van der Waals surface area contributed by atoms with Crippen LogP contribution in [0, 0.1) is 32.4 Å². The van der Waals surface area contributed by atoms with Gasteiger partial charge in [-0.25, -0.2) is 13.8 Å². The average molecular weight is 543 g/mol. The summed E-state index contributed by atoms with van der Waals surface area (Å²) in [6.07, 6.45) is 1.53. The van der Waals surface area contributed by atoms with Crippen LogP contribution >= 0.6 is 0 Å². The highest BCUT2D eigenvalue weighted by molar-refractivity contribution is 6.05. The fraction of sp³-hybridized carbons (Fsp3) is 0.133. The molecule has 0 spiro atoms. The number of carbonyl (C=O) groups excluding carboxylic acids is 1. The zero-order valence-corrected chi connectivity index (χ0v) is 22.1. The fourth-order valence-electron chi connectivity index (χ4n) is 4.50. The minimum atomic E-state index is -0.747. The maximum absolute atomic E-state index is 15.1. The Bertz CT molecular complexity index is 1840. The number of aromatic nitrogens is 3. The van der Waals surface area contributed by atoms with Gasteiger partial charge in [0.05, 0.1) is 12.6 Å². The first-order valence-electron chi connectivity index (χ1n) is 12.2. The Labute approximate surface area is 227 Å². The van der Waals surface area contributed by atoms with Gasteiger partial charge in [0.1, 0.15) is 16.9 Å². The van der Waals surface area contributed by atoms with E-state index in [4.69, 9.17) is 9.47 Å². The second-order valence-corrected chi connectivity index (χ2v) is 9.15. The average Bonchev–Trinajstić information content (AvgIpc) is 2.90. The first kappa shape index (κ1) is 26.5. The number of nitrogens with one attached hydrogen (secondary N) is 2. The van der Waals surface area contributed by atoms with Gasteiger partial charge in [-0.15, -0.1) is 0 Å². The first-order chi connectivity index (χ1) is 19.2. The molecular formula is C30H24F2N4O4. The summed E-state index contributed by atoms with van der Waals surface area (Å²) in [5.74, 6) is -1.34. The van der Waals surface area contributed by atoms with Crippen LogP contribution < -0.4 is 20.2 Å². The van der Waals surface area contributed by atoms with Crippen molar-refractivity contribution in [2.45, 2.75) is 20.8 Å². The fourth-order valence-corrected chi connectivity index (χ4v) is 4.50. The molecule has 3 aromatic heterocycles. The summed E-state index contributed by atoms with van der Waals surface area (Å²) in [5, 5.41) is 2.58. The molecule has 0 unspecified atom stereocenters. The number of rotatable bonds is 6. The highest BCUT2D eigenvalue weighted by Gasteiger charge is 2.21. The van der Waals surface area contributed by atoms with Crippen molar-refractivity contribution >= 4 is 22.6 Å². The third kappa shape index (κ3) is 4.98. The number of anilines is 1. The second-order valence-electron chi connectivity index (χ2n) is 9.15. The van der Waals surface area contributed by atoms with Crippen molar-refractivity contribution in [3.05, 3.63) is 105 Å². The van der Waals surface area contributed by atoms with Crippen molar-refractivity contribution in [1.29, 1.82) is 0 Å². The number of H-pyrrole nitrogens is 1. The second kappa shape index (κ2) is 10.6. The summed E-state index contributed by atoms with van der Waals surface area (Å²) in [4.78, 5) is 38.2. The lowest BCUT2D eigenvalue weighted by Crippen LogP contribution is -2.26. The topological polar surface area (TPSA) is 106 Å². The van der Waals surface area contributed by atoms with E-state index in [-0.39, 0.29) is 28.3 Å². The molecule has 0 aliphatic heterocycles. The molecule has 3 heterocycles. The van der Waals surface area contributed by atoms with E-state index in [0.717, 1.165) is 11.6 Å². The van der Waals surface area contributed by atoms with Crippen LogP contribution in [0.3, 0.4) is 0 Å². The summed E-state index contributed by atoms with van der Waals surface area (Å²) in [5.41, 5.74) is 2.78. The largest absolute Gasteiger partial charge is 0.481 e. The lowest BCUT2D eigenvalue weighted by Gasteiger charge is -2.14. The summed E-state index contributed by atoms with van der Waals surface area (Å²) < 4.78 is 39.6. The minimum absolute atomic E-state index is 0.102. The molecule has 5 rings (SSSR count). The van der Waals surface area contributed by atoms with Gasteiger partial charge in [0.15, 0.2) is 17.3 Å². The number of aromatic amines is 1. The Morgan fingerprint density at radius 3 is 2.40 bits per heavy atom. The molecule has 0 atom stereocenters. The minimum Gasteiger partial charge on any atom is -0.481 e. The van der Waals surface area contributed by atoms with Gasteiger partial charge in [-0.2, -0.15) is 0 Å². The molecule has 0 saturated carbocycles. The lowest BCUT2D eigenvalue weighted by molar-refractivity contribution is 0.102. The monoisotopic (exact) mass is 542 g/mol. The van der Waals surface area contributed by atoms with Crippen LogP contribution in [-0.4, -0.2) is 28.0 Å². The molecule has 40 heavy (non-hydrogen) atoms. The quantitative estimate of drug-likeness (QED) is 0.263. The van der Waals surface area contributed by atoms with Crippen LogP contribution in [0.15, 0.2) is 65.6 Å². The van der Waals surface area contributed by atoms with Crippen molar-refractivity contribution in [3.8, 4) is 28.5 Å². The van der Waals surface area contributed by atoms with E-state index in [9.17, 15) is 14.0 Å².